The molecule has 0 amide bonds. The molecule has 0 spiro atoms. The molecule has 3 nitrogen and oxygen atoms in total. The average Bonchev–Trinajstić information content (AvgIpc) is 2.35. The van der Waals surface area contributed by atoms with Crippen molar-refractivity contribution < 1.29 is 8.42 Å². The topological polar surface area (TPSA) is 38.5 Å². The predicted octanol–water partition coefficient (Wildman–Crippen LogP) is 3.70. The molecule has 0 aromatic heterocycles. The summed E-state index contributed by atoms with van der Waals surface area (Å²) >= 11 is 0. The molecule has 0 aliphatic heterocycles. The van der Waals surface area contributed by atoms with Crippen molar-refractivity contribution in [2.75, 3.05) is 0 Å². The molecule has 0 bridgehead atoms. The molecule has 0 aliphatic carbocycles. The van der Waals surface area contributed by atoms with E-state index in [0.29, 0.717) is 12.3 Å². The lowest BCUT2D eigenvalue weighted by atomic mass is 9.95. The van der Waals surface area contributed by atoms with Gasteiger partial charge in [0.2, 0.25) is 0 Å². The van der Waals surface area contributed by atoms with Gasteiger partial charge in [-0.25, -0.2) is 15.0 Å². The minimum atomic E-state index is -3.55. The van der Waals surface area contributed by atoms with E-state index in [4.69, 9.17) is 6.57 Å². The van der Waals surface area contributed by atoms with Gasteiger partial charge in [0.25, 0.3) is 9.84 Å². The third-order valence-electron chi connectivity index (χ3n) is 3.56. The van der Waals surface area contributed by atoms with Gasteiger partial charge in [0.15, 0.2) is 0 Å². The predicted molar refractivity (Wildman–Crippen MR) is 77.4 cm³/mol. The molecule has 0 radical (unpaired) electrons. The zero-order valence-electron chi connectivity index (χ0n) is 11.9. The number of hydrogen-bond donors (Lipinski definition) is 0. The van der Waals surface area contributed by atoms with Crippen molar-refractivity contribution in [1.82, 2.24) is 0 Å². The van der Waals surface area contributed by atoms with Gasteiger partial charge in [0.05, 0.1) is 4.90 Å². The molecule has 1 rings (SSSR count). The second-order valence-corrected chi connectivity index (χ2v) is 7.50. The van der Waals surface area contributed by atoms with E-state index in [1.165, 1.54) is 0 Å². The van der Waals surface area contributed by atoms with E-state index in [1.54, 1.807) is 24.3 Å². The molecule has 1 aromatic carbocycles. The highest BCUT2D eigenvalue weighted by Gasteiger charge is 2.34. The van der Waals surface area contributed by atoms with Crippen LogP contribution in [0.3, 0.4) is 0 Å². The normalized spacial score (nSPS) is 14.9. The van der Waals surface area contributed by atoms with Gasteiger partial charge in [-0.05, 0) is 30.9 Å². The summed E-state index contributed by atoms with van der Waals surface area (Å²) in [7, 11) is -3.55. The van der Waals surface area contributed by atoms with Gasteiger partial charge >= 0.3 is 5.37 Å². The van der Waals surface area contributed by atoms with Gasteiger partial charge in [0, 0.05) is 6.42 Å². The Bertz CT molecular complexity index is 553. The number of rotatable bonds is 5. The fourth-order valence-electron chi connectivity index (χ4n) is 1.72. The van der Waals surface area contributed by atoms with Gasteiger partial charge in [-0.2, -0.15) is 0 Å². The SMILES string of the molecule is [C-]#[N+]C(CC(C)C(C)C)S(=O)(=O)c1ccc(C)cc1. The Morgan fingerprint density at radius 3 is 2.11 bits per heavy atom. The van der Waals surface area contributed by atoms with Crippen LogP contribution in [-0.4, -0.2) is 13.8 Å². The maximum Gasteiger partial charge on any atom is 0.325 e. The third-order valence-corrected chi connectivity index (χ3v) is 5.51. The van der Waals surface area contributed by atoms with Crippen LogP contribution < -0.4 is 0 Å². The second kappa shape index (κ2) is 6.21. The second-order valence-electron chi connectivity index (χ2n) is 5.40. The summed E-state index contributed by atoms with van der Waals surface area (Å²) in [6.45, 7) is 15.2. The number of benzene rings is 1. The Morgan fingerprint density at radius 2 is 1.68 bits per heavy atom. The van der Waals surface area contributed by atoms with Crippen molar-refractivity contribution in [1.29, 1.82) is 0 Å². The average molecular weight is 279 g/mol. The molecule has 0 heterocycles. The van der Waals surface area contributed by atoms with Crippen molar-refractivity contribution >= 4 is 9.84 Å². The molecule has 1 aromatic rings. The van der Waals surface area contributed by atoms with Crippen molar-refractivity contribution in [2.45, 2.75) is 44.4 Å². The highest BCUT2D eigenvalue weighted by molar-refractivity contribution is 7.92. The fraction of sp³-hybridized carbons (Fsp3) is 0.533. The van der Waals surface area contributed by atoms with Crippen LogP contribution in [0.5, 0.6) is 0 Å². The van der Waals surface area contributed by atoms with Crippen LogP contribution >= 0.6 is 0 Å². The molecule has 2 atom stereocenters. The Kier molecular flexibility index (Phi) is 5.13. The van der Waals surface area contributed by atoms with Crippen LogP contribution in [0.15, 0.2) is 29.2 Å². The van der Waals surface area contributed by atoms with E-state index in [1.807, 2.05) is 27.7 Å². The Balaban J connectivity index is 3.03. The van der Waals surface area contributed by atoms with E-state index in [0.717, 1.165) is 5.56 Å². The van der Waals surface area contributed by atoms with Crippen molar-refractivity contribution in [2.24, 2.45) is 11.8 Å². The molecular weight excluding hydrogens is 258 g/mol. The summed E-state index contributed by atoms with van der Waals surface area (Å²) < 4.78 is 24.8. The van der Waals surface area contributed by atoms with Gasteiger partial charge in [-0.3, -0.25) is 4.85 Å². The first kappa shape index (κ1) is 15.7. The number of aryl methyl sites for hydroxylation is 1. The fourth-order valence-corrected chi connectivity index (χ4v) is 3.25. The monoisotopic (exact) mass is 279 g/mol. The summed E-state index contributed by atoms with van der Waals surface area (Å²) in [6, 6.07) is 6.70. The van der Waals surface area contributed by atoms with Gasteiger partial charge in [-0.15, -0.1) is 0 Å². The van der Waals surface area contributed by atoms with E-state index in [2.05, 4.69) is 4.85 Å². The van der Waals surface area contributed by atoms with Crippen molar-refractivity contribution in [3.8, 4) is 0 Å². The first-order chi connectivity index (χ1) is 8.78. The van der Waals surface area contributed by atoms with Crippen molar-refractivity contribution in [3.63, 3.8) is 0 Å². The van der Waals surface area contributed by atoms with E-state index < -0.39 is 15.2 Å². The molecule has 0 saturated carbocycles. The quantitative estimate of drug-likeness (QED) is 0.771. The zero-order chi connectivity index (χ0) is 14.6. The van der Waals surface area contributed by atoms with Crippen LogP contribution in [-0.2, 0) is 9.84 Å². The van der Waals surface area contributed by atoms with Gasteiger partial charge in [0.1, 0.15) is 0 Å². The molecule has 19 heavy (non-hydrogen) atoms. The first-order valence-electron chi connectivity index (χ1n) is 6.46. The largest absolute Gasteiger partial charge is 0.325 e. The smallest absolute Gasteiger partial charge is 0.296 e. The summed E-state index contributed by atoms with van der Waals surface area (Å²) in [4.78, 5) is 3.59. The maximum absolute atomic E-state index is 12.4. The number of sulfone groups is 1. The minimum Gasteiger partial charge on any atom is -0.296 e. The van der Waals surface area contributed by atoms with E-state index >= 15 is 0 Å². The molecule has 0 saturated heterocycles. The number of nitrogens with zero attached hydrogens (tertiary/aromatic N) is 1. The number of hydrogen-bond acceptors (Lipinski definition) is 2. The van der Waals surface area contributed by atoms with Crippen LogP contribution in [0.4, 0.5) is 0 Å². The van der Waals surface area contributed by atoms with Crippen LogP contribution in [0.25, 0.3) is 4.85 Å². The van der Waals surface area contributed by atoms with Crippen LogP contribution in [0.2, 0.25) is 0 Å². The first-order valence-corrected chi connectivity index (χ1v) is 8.00. The molecule has 2 unspecified atom stereocenters. The van der Waals surface area contributed by atoms with Crippen LogP contribution in [0.1, 0.15) is 32.8 Å². The summed E-state index contributed by atoms with van der Waals surface area (Å²) in [5, 5.41) is -0.979. The van der Waals surface area contributed by atoms with Gasteiger partial charge in [-0.1, -0.05) is 38.5 Å². The van der Waals surface area contributed by atoms with Crippen LogP contribution in [0, 0.1) is 25.3 Å². The molecule has 104 valence electrons. The lowest BCUT2D eigenvalue weighted by molar-refractivity contribution is 0.393. The standard InChI is InChI=1S/C15H21NO2S/c1-11(2)13(4)10-15(16-5)19(17,18)14-8-6-12(3)7-9-14/h6-9,11,13,15H,10H2,1-4H3. The van der Waals surface area contributed by atoms with Gasteiger partial charge < -0.3 is 0 Å². The van der Waals surface area contributed by atoms with E-state index in [-0.39, 0.29) is 10.8 Å². The molecular formula is C15H21NO2S. The van der Waals surface area contributed by atoms with Crippen molar-refractivity contribution in [3.05, 3.63) is 41.2 Å². The highest BCUT2D eigenvalue weighted by atomic mass is 32.2. The zero-order valence-corrected chi connectivity index (χ0v) is 12.7. The van der Waals surface area contributed by atoms with E-state index in [9.17, 15) is 8.42 Å². The molecule has 0 fully saturated rings. The Labute approximate surface area is 116 Å². The summed E-state index contributed by atoms with van der Waals surface area (Å²) in [5.74, 6) is 0.580. The summed E-state index contributed by atoms with van der Waals surface area (Å²) in [6.07, 6.45) is 0.386. The molecule has 0 N–H and O–H groups in total. The lowest BCUT2D eigenvalue weighted by Crippen LogP contribution is -2.22. The minimum absolute atomic E-state index is 0.208. The Hall–Kier alpha value is -1.34. The molecule has 0 aliphatic rings. The lowest BCUT2D eigenvalue weighted by Gasteiger charge is -2.16. The molecule has 4 heteroatoms. The summed E-state index contributed by atoms with van der Waals surface area (Å²) in [5.41, 5.74) is 1.01. The third kappa shape index (κ3) is 3.81. The highest BCUT2D eigenvalue weighted by Crippen LogP contribution is 2.25. The Morgan fingerprint density at radius 1 is 1.16 bits per heavy atom. The maximum atomic E-state index is 12.4.